The van der Waals surface area contributed by atoms with E-state index >= 15 is 0 Å². The third-order valence-electron chi connectivity index (χ3n) is 3.11. The Balaban J connectivity index is 2.56. The Morgan fingerprint density at radius 2 is 1.92 bits per heavy atom. The van der Waals surface area contributed by atoms with Crippen LogP contribution in [0, 0.1) is 5.92 Å². The van der Waals surface area contributed by atoms with Crippen molar-refractivity contribution < 1.29 is 4.21 Å². The molecule has 0 aliphatic heterocycles. The predicted octanol–water partition coefficient (Wildman–Crippen LogP) is 1.66. The first-order valence-corrected chi connectivity index (χ1v) is 6.46. The van der Waals surface area contributed by atoms with Crippen molar-refractivity contribution in [3.05, 3.63) is 0 Å². The molecule has 0 amide bonds. The van der Waals surface area contributed by atoms with Crippen molar-refractivity contribution in [1.29, 1.82) is 0 Å². The minimum atomic E-state index is -0.725. The molecular weight excluding hydrogens is 182 g/mol. The summed E-state index contributed by atoms with van der Waals surface area (Å²) < 4.78 is 12.0. The second-order valence-corrected chi connectivity index (χ2v) is 6.42. The van der Waals surface area contributed by atoms with Gasteiger partial charge in [-0.25, -0.2) is 0 Å². The fraction of sp³-hybridized carbons (Fsp3) is 1.00. The average Bonchev–Trinajstić information content (AvgIpc) is 2.48. The Labute approximate surface area is 83.7 Å². The zero-order valence-electron chi connectivity index (χ0n) is 8.82. The summed E-state index contributed by atoms with van der Waals surface area (Å²) in [6, 6.07) is 0.182. The quantitative estimate of drug-likeness (QED) is 0.758. The summed E-state index contributed by atoms with van der Waals surface area (Å²) in [5.74, 6) is 0.494. The van der Waals surface area contributed by atoms with Gasteiger partial charge in [0.1, 0.15) is 0 Å². The fourth-order valence-electron chi connectivity index (χ4n) is 1.79. The van der Waals surface area contributed by atoms with E-state index in [1.807, 2.05) is 0 Å². The van der Waals surface area contributed by atoms with E-state index in [9.17, 15) is 4.21 Å². The molecule has 2 N–H and O–H groups in total. The van der Waals surface area contributed by atoms with Crippen LogP contribution in [0.25, 0.3) is 0 Å². The molecule has 0 bridgehead atoms. The number of hydrogen-bond donors (Lipinski definition) is 1. The maximum atomic E-state index is 12.0. The molecule has 0 heterocycles. The van der Waals surface area contributed by atoms with E-state index in [4.69, 9.17) is 5.73 Å². The van der Waals surface area contributed by atoms with Gasteiger partial charge in [0.05, 0.1) is 5.25 Å². The molecule has 1 rings (SSSR count). The Morgan fingerprint density at radius 3 is 2.31 bits per heavy atom. The molecule has 0 radical (unpaired) electrons. The first kappa shape index (κ1) is 11.2. The molecule has 1 saturated carbocycles. The second kappa shape index (κ2) is 4.56. The van der Waals surface area contributed by atoms with Gasteiger partial charge in [0.2, 0.25) is 0 Å². The summed E-state index contributed by atoms with van der Waals surface area (Å²) in [4.78, 5) is 0. The number of hydrogen-bond acceptors (Lipinski definition) is 2. The normalized spacial score (nSPS) is 33.6. The molecule has 3 heteroatoms. The lowest BCUT2D eigenvalue weighted by Crippen LogP contribution is -2.37. The zero-order valence-corrected chi connectivity index (χ0v) is 9.64. The van der Waals surface area contributed by atoms with Gasteiger partial charge in [-0.15, -0.1) is 0 Å². The van der Waals surface area contributed by atoms with Crippen LogP contribution < -0.4 is 5.73 Å². The van der Waals surface area contributed by atoms with Gasteiger partial charge in [-0.1, -0.05) is 27.2 Å². The molecule has 1 aliphatic rings. The first-order chi connectivity index (χ1) is 6.04. The summed E-state index contributed by atoms with van der Waals surface area (Å²) in [5.41, 5.74) is 5.92. The molecule has 2 nitrogen and oxygen atoms in total. The van der Waals surface area contributed by atoms with Crippen molar-refractivity contribution in [2.45, 2.75) is 56.6 Å². The van der Waals surface area contributed by atoms with Crippen molar-refractivity contribution in [2.24, 2.45) is 11.7 Å². The van der Waals surface area contributed by atoms with Crippen LogP contribution in [0.4, 0.5) is 0 Å². The van der Waals surface area contributed by atoms with Crippen LogP contribution in [0.1, 0.15) is 40.0 Å². The Morgan fingerprint density at radius 1 is 1.31 bits per heavy atom. The summed E-state index contributed by atoms with van der Waals surface area (Å²) in [5, 5.41) is 0.548. The minimum Gasteiger partial charge on any atom is -0.327 e. The molecule has 78 valence electrons. The summed E-state index contributed by atoms with van der Waals surface area (Å²) in [6.07, 6.45) is 3.27. The van der Waals surface area contributed by atoms with E-state index in [1.54, 1.807) is 0 Å². The van der Waals surface area contributed by atoms with E-state index in [0.717, 1.165) is 19.3 Å². The predicted molar refractivity (Wildman–Crippen MR) is 58.1 cm³/mol. The van der Waals surface area contributed by atoms with E-state index in [2.05, 4.69) is 20.8 Å². The topological polar surface area (TPSA) is 43.1 Å². The van der Waals surface area contributed by atoms with E-state index in [1.165, 1.54) is 0 Å². The van der Waals surface area contributed by atoms with Gasteiger partial charge >= 0.3 is 0 Å². The molecule has 1 aliphatic carbocycles. The lowest BCUT2D eigenvalue weighted by molar-refractivity contribution is 0.587. The largest absolute Gasteiger partial charge is 0.327 e. The highest BCUT2D eigenvalue weighted by molar-refractivity contribution is 7.86. The fourth-order valence-corrected chi connectivity index (χ4v) is 3.75. The maximum Gasteiger partial charge on any atom is 0.0501 e. The molecule has 0 aromatic rings. The van der Waals surface area contributed by atoms with E-state index in [-0.39, 0.29) is 16.5 Å². The van der Waals surface area contributed by atoms with Crippen molar-refractivity contribution in [3.8, 4) is 0 Å². The Hall–Kier alpha value is 0.110. The highest BCUT2D eigenvalue weighted by atomic mass is 32.2. The molecule has 1 fully saturated rings. The number of nitrogens with two attached hydrogens (primary N) is 1. The first-order valence-electron chi connectivity index (χ1n) is 5.19. The van der Waals surface area contributed by atoms with Crippen LogP contribution in [-0.2, 0) is 10.8 Å². The highest BCUT2D eigenvalue weighted by Gasteiger charge is 2.32. The molecule has 0 saturated heterocycles. The van der Waals surface area contributed by atoms with Gasteiger partial charge < -0.3 is 5.73 Å². The highest BCUT2D eigenvalue weighted by Crippen LogP contribution is 2.26. The zero-order chi connectivity index (χ0) is 10.0. The third kappa shape index (κ3) is 2.53. The SMILES string of the molecule is CC(C)C(C)S(=O)C1CCCC1N. The Bertz CT molecular complexity index is 193. The average molecular weight is 203 g/mol. The van der Waals surface area contributed by atoms with Crippen LogP contribution in [0.15, 0.2) is 0 Å². The summed E-state index contributed by atoms with van der Waals surface area (Å²) in [7, 11) is -0.725. The van der Waals surface area contributed by atoms with Gasteiger partial charge in [-0.3, -0.25) is 4.21 Å². The van der Waals surface area contributed by atoms with E-state index < -0.39 is 10.8 Å². The van der Waals surface area contributed by atoms with Gasteiger partial charge in [-0.05, 0) is 18.8 Å². The molecule has 4 unspecified atom stereocenters. The smallest absolute Gasteiger partial charge is 0.0501 e. The van der Waals surface area contributed by atoms with Crippen LogP contribution in [0.3, 0.4) is 0 Å². The van der Waals surface area contributed by atoms with Gasteiger partial charge in [0.25, 0.3) is 0 Å². The van der Waals surface area contributed by atoms with Crippen molar-refractivity contribution in [3.63, 3.8) is 0 Å². The lowest BCUT2D eigenvalue weighted by Gasteiger charge is -2.22. The maximum absolute atomic E-state index is 12.0. The molecule has 4 atom stereocenters. The second-order valence-electron chi connectivity index (χ2n) is 4.41. The number of rotatable bonds is 3. The minimum absolute atomic E-state index is 0.182. The van der Waals surface area contributed by atoms with Crippen molar-refractivity contribution in [2.75, 3.05) is 0 Å². The standard InChI is InChI=1S/C10H21NOS/c1-7(2)8(3)13(12)10-6-4-5-9(10)11/h7-10H,4-6,11H2,1-3H3. The van der Waals surface area contributed by atoms with Crippen molar-refractivity contribution >= 4 is 10.8 Å². The van der Waals surface area contributed by atoms with Gasteiger partial charge in [-0.2, -0.15) is 0 Å². The van der Waals surface area contributed by atoms with E-state index in [0.29, 0.717) is 5.92 Å². The van der Waals surface area contributed by atoms with Crippen LogP contribution >= 0.6 is 0 Å². The van der Waals surface area contributed by atoms with Crippen molar-refractivity contribution in [1.82, 2.24) is 0 Å². The molecular formula is C10H21NOS. The van der Waals surface area contributed by atoms with Crippen LogP contribution in [0.2, 0.25) is 0 Å². The molecule has 0 aromatic carbocycles. The Kier molecular flexibility index (Phi) is 3.92. The van der Waals surface area contributed by atoms with Crippen LogP contribution in [0.5, 0.6) is 0 Å². The molecule has 13 heavy (non-hydrogen) atoms. The van der Waals surface area contributed by atoms with Crippen LogP contribution in [-0.4, -0.2) is 20.8 Å². The third-order valence-corrected chi connectivity index (χ3v) is 5.57. The summed E-state index contributed by atoms with van der Waals surface area (Å²) >= 11 is 0. The molecule has 0 spiro atoms. The molecule has 0 aromatic heterocycles. The monoisotopic (exact) mass is 203 g/mol. The lowest BCUT2D eigenvalue weighted by atomic mass is 10.2. The van der Waals surface area contributed by atoms with Gasteiger partial charge in [0.15, 0.2) is 0 Å². The van der Waals surface area contributed by atoms with Gasteiger partial charge in [0, 0.05) is 22.1 Å². The summed E-state index contributed by atoms with van der Waals surface area (Å²) in [6.45, 7) is 6.33.